The Morgan fingerprint density at radius 2 is 1.74 bits per heavy atom. The number of piperidine rings is 1. The molecule has 1 aliphatic heterocycles. The summed E-state index contributed by atoms with van der Waals surface area (Å²) in [4.78, 5) is 22.8. The maximum atomic E-state index is 12.3. The second-order valence-electron chi connectivity index (χ2n) is 8.79. The molecule has 0 bridgehead atoms. The molecule has 0 aliphatic carbocycles. The van der Waals surface area contributed by atoms with Crippen LogP contribution in [-0.2, 0) is 4.79 Å². The van der Waals surface area contributed by atoms with E-state index in [4.69, 9.17) is 10.5 Å². The van der Waals surface area contributed by atoms with E-state index in [1.54, 1.807) is 6.08 Å². The third-order valence-corrected chi connectivity index (χ3v) is 5.90. The van der Waals surface area contributed by atoms with E-state index in [1.807, 2.05) is 73.3 Å². The Balaban J connectivity index is 1.40. The number of nitrogens with one attached hydrogen (secondary N) is 1. The van der Waals surface area contributed by atoms with E-state index >= 15 is 0 Å². The SMILES string of the molecule is CC(C)=CC(=O)N1CCC(CNc2ncnc(N)c2-c2ccc(Oc3ccccc3)cc2)CC1. The highest BCUT2D eigenvalue weighted by Crippen LogP contribution is 2.33. The van der Waals surface area contributed by atoms with Gasteiger partial charge in [0.1, 0.15) is 29.5 Å². The second-order valence-corrected chi connectivity index (χ2v) is 8.79. The van der Waals surface area contributed by atoms with Gasteiger partial charge in [0.2, 0.25) is 5.91 Å². The van der Waals surface area contributed by atoms with E-state index in [2.05, 4.69) is 15.3 Å². The first-order valence-electron chi connectivity index (χ1n) is 11.6. The highest BCUT2D eigenvalue weighted by molar-refractivity contribution is 5.88. The molecule has 0 saturated carbocycles. The van der Waals surface area contributed by atoms with Gasteiger partial charge in [0.15, 0.2) is 0 Å². The van der Waals surface area contributed by atoms with E-state index in [0.717, 1.165) is 60.7 Å². The van der Waals surface area contributed by atoms with Crippen LogP contribution in [0.25, 0.3) is 11.1 Å². The van der Waals surface area contributed by atoms with Crippen molar-refractivity contribution >= 4 is 17.5 Å². The number of hydrogen-bond acceptors (Lipinski definition) is 6. The summed E-state index contributed by atoms with van der Waals surface area (Å²) in [5, 5.41) is 3.48. The van der Waals surface area contributed by atoms with Crippen molar-refractivity contribution in [3.63, 3.8) is 0 Å². The average molecular weight is 458 g/mol. The summed E-state index contributed by atoms with van der Waals surface area (Å²) in [7, 11) is 0. The lowest BCUT2D eigenvalue weighted by Gasteiger charge is -2.31. The van der Waals surface area contributed by atoms with Gasteiger partial charge in [-0.15, -0.1) is 0 Å². The fourth-order valence-corrected chi connectivity index (χ4v) is 4.07. The van der Waals surface area contributed by atoms with E-state index in [-0.39, 0.29) is 5.91 Å². The van der Waals surface area contributed by atoms with Crippen LogP contribution in [0.2, 0.25) is 0 Å². The molecule has 7 nitrogen and oxygen atoms in total. The minimum absolute atomic E-state index is 0.108. The van der Waals surface area contributed by atoms with Crippen LogP contribution in [0.4, 0.5) is 11.6 Å². The first-order valence-corrected chi connectivity index (χ1v) is 11.6. The number of nitrogen functional groups attached to an aromatic ring is 1. The lowest BCUT2D eigenvalue weighted by atomic mass is 9.96. The molecule has 1 saturated heterocycles. The number of hydrogen-bond donors (Lipinski definition) is 2. The number of benzene rings is 2. The van der Waals surface area contributed by atoms with Crippen LogP contribution in [0.3, 0.4) is 0 Å². The van der Waals surface area contributed by atoms with Crippen LogP contribution < -0.4 is 15.8 Å². The Bertz CT molecular complexity index is 1130. The Labute approximate surface area is 200 Å². The van der Waals surface area contributed by atoms with Gasteiger partial charge in [-0.3, -0.25) is 4.79 Å². The zero-order valence-electron chi connectivity index (χ0n) is 19.7. The largest absolute Gasteiger partial charge is 0.457 e. The van der Waals surface area contributed by atoms with Gasteiger partial charge < -0.3 is 20.7 Å². The van der Waals surface area contributed by atoms with Crippen molar-refractivity contribution in [1.29, 1.82) is 0 Å². The van der Waals surface area contributed by atoms with Crippen LogP contribution in [-0.4, -0.2) is 40.4 Å². The first kappa shape index (κ1) is 23.3. The highest BCUT2D eigenvalue weighted by atomic mass is 16.5. The number of allylic oxidation sites excluding steroid dienone is 1. The van der Waals surface area contributed by atoms with Gasteiger partial charge in [0, 0.05) is 25.7 Å². The molecule has 7 heteroatoms. The van der Waals surface area contributed by atoms with E-state index in [9.17, 15) is 4.79 Å². The standard InChI is InChI=1S/C27H31N5O2/c1-19(2)16-24(33)32-14-12-20(13-15-32)17-29-27-25(26(28)30-18-31-27)21-8-10-23(11-9-21)34-22-6-4-3-5-7-22/h3-11,16,18,20H,12-15,17H2,1-2H3,(H3,28,29,30,31). The van der Waals surface area contributed by atoms with Crippen LogP contribution in [0, 0.1) is 5.92 Å². The molecule has 4 rings (SSSR count). The lowest BCUT2D eigenvalue weighted by Crippen LogP contribution is -2.39. The third kappa shape index (κ3) is 5.92. The maximum Gasteiger partial charge on any atom is 0.246 e. The van der Waals surface area contributed by atoms with E-state index in [1.165, 1.54) is 6.33 Å². The first-order chi connectivity index (χ1) is 16.5. The van der Waals surface area contributed by atoms with Gasteiger partial charge >= 0.3 is 0 Å². The molecule has 0 radical (unpaired) electrons. The summed E-state index contributed by atoms with van der Waals surface area (Å²) in [5.41, 5.74) is 8.97. The second kappa shape index (κ2) is 10.8. The molecule has 176 valence electrons. The van der Waals surface area contributed by atoms with Crippen molar-refractivity contribution in [3.05, 3.63) is 72.6 Å². The topological polar surface area (TPSA) is 93.4 Å². The Morgan fingerprint density at radius 3 is 2.41 bits per heavy atom. The highest BCUT2D eigenvalue weighted by Gasteiger charge is 2.22. The molecule has 1 aliphatic rings. The van der Waals surface area contributed by atoms with Gasteiger partial charge in [-0.05, 0) is 62.4 Å². The summed E-state index contributed by atoms with van der Waals surface area (Å²) in [6.07, 6.45) is 5.10. The number of rotatable bonds is 7. The zero-order chi connectivity index (χ0) is 23.9. The normalized spacial score (nSPS) is 13.9. The molecule has 3 N–H and O–H groups in total. The smallest absolute Gasteiger partial charge is 0.246 e. The van der Waals surface area contributed by atoms with Crippen LogP contribution in [0.5, 0.6) is 11.5 Å². The van der Waals surface area contributed by atoms with Gasteiger partial charge in [0.05, 0.1) is 5.56 Å². The summed E-state index contributed by atoms with van der Waals surface area (Å²) in [5.74, 6) is 3.24. The molecule has 0 atom stereocenters. The zero-order valence-corrected chi connectivity index (χ0v) is 19.7. The Hall–Kier alpha value is -3.87. The Morgan fingerprint density at radius 1 is 1.06 bits per heavy atom. The van der Waals surface area contributed by atoms with Crippen LogP contribution in [0.1, 0.15) is 26.7 Å². The number of nitrogens with two attached hydrogens (primary N) is 1. The number of aromatic nitrogens is 2. The minimum atomic E-state index is 0.108. The van der Waals surface area contributed by atoms with Gasteiger partial charge in [-0.25, -0.2) is 9.97 Å². The quantitative estimate of drug-likeness (QED) is 0.478. The number of para-hydroxylation sites is 1. The Kier molecular flexibility index (Phi) is 7.42. The van der Waals surface area contributed by atoms with Gasteiger partial charge in [-0.2, -0.15) is 0 Å². The van der Waals surface area contributed by atoms with Crippen molar-refractivity contribution in [2.75, 3.05) is 30.7 Å². The molecule has 2 aromatic carbocycles. The van der Waals surface area contributed by atoms with Gasteiger partial charge in [-0.1, -0.05) is 35.9 Å². The van der Waals surface area contributed by atoms with Crippen LogP contribution >= 0.6 is 0 Å². The van der Waals surface area contributed by atoms with Crippen molar-refractivity contribution in [1.82, 2.24) is 14.9 Å². The molecule has 2 heterocycles. The molecule has 1 fully saturated rings. The summed E-state index contributed by atoms with van der Waals surface area (Å²) < 4.78 is 5.89. The van der Waals surface area contributed by atoms with Crippen molar-refractivity contribution in [2.24, 2.45) is 5.92 Å². The molecular weight excluding hydrogens is 426 g/mol. The number of nitrogens with zero attached hydrogens (tertiary/aromatic N) is 3. The summed E-state index contributed by atoms with van der Waals surface area (Å²) in [6, 6.07) is 17.4. The van der Waals surface area contributed by atoms with Crippen LogP contribution in [0.15, 0.2) is 72.6 Å². The average Bonchev–Trinajstić information content (AvgIpc) is 2.84. The molecule has 0 unspecified atom stereocenters. The molecule has 0 spiro atoms. The molecule has 1 aromatic heterocycles. The number of anilines is 2. The molecule has 3 aromatic rings. The van der Waals surface area contributed by atoms with E-state index < -0.39 is 0 Å². The summed E-state index contributed by atoms with van der Waals surface area (Å²) in [6.45, 7) is 6.21. The van der Waals surface area contributed by atoms with E-state index in [0.29, 0.717) is 17.6 Å². The molecular formula is C27H31N5O2. The third-order valence-electron chi connectivity index (χ3n) is 5.90. The number of likely N-dealkylation sites (tertiary alicyclic amines) is 1. The van der Waals surface area contributed by atoms with Crippen molar-refractivity contribution in [2.45, 2.75) is 26.7 Å². The number of carbonyl (C=O) groups is 1. The maximum absolute atomic E-state index is 12.3. The molecule has 34 heavy (non-hydrogen) atoms. The lowest BCUT2D eigenvalue weighted by molar-refractivity contribution is -0.127. The number of ether oxygens (including phenoxy) is 1. The van der Waals surface area contributed by atoms with Crippen molar-refractivity contribution in [3.8, 4) is 22.6 Å². The number of carbonyl (C=O) groups excluding carboxylic acids is 1. The predicted octanol–water partition coefficient (Wildman–Crippen LogP) is 5.13. The fraction of sp³-hybridized carbons (Fsp3) is 0.296. The molecule has 1 amide bonds. The van der Waals surface area contributed by atoms with Crippen molar-refractivity contribution < 1.29 is 9.53 Å². The summed E-state index contributed by atoms with van der Waals surface area (Å²) >= 11 is 0. The predicted molar refractivity (Wildman–Crippen MR) is 136 cm³/mol. The minimum Gasteiger partial charge on any atom is -0.457 e. The monoisotopic (exact) mass is 457 g/mol. The van der Waals surface area contributed by atoms with Gasteiger partial charge in [0.25, 0.3) is 0 Å². The number of amides is 1. The fourth-order valence-electron chi connectivity index (χ4n) is 4.07.